The van der Waals surface area contributed by atoms with Gasteiger partial charge in [-0.05, 0) is 18.8 Å². The number of amides is 2. The maximum atomic E-state index is 12.6. The van der Waals surface area contributed by atoms with E-state index in [2.05, 4.69) is 10.6 Å². The first-order valence-electron chi connectivity index (χ1n) is 10.2. The number of carbonyl (C=O) groups excluding carboxylic acids is 2. The molecule has 3 rings (SSSR count). The normalized spacial score (nSPS) is 25.9. The highest BCUT2D eigenvalue weighted by atomic mass is 32.2. The number of rotatable bonds is 8. The fraction of sp³-hybridized carbons (Fsp3) is 0.895. The molecule has 2 amide bonds. The van der Waals surface area contributed by atoms with Crippen LogP contribution in [0.4, 0.5) is 0 Å². The van der Waals surface area contributed by atoms with Crippen LogP contribution in [0.3, 0.4) is 0 Å². The van der Waals surface area contributed by atoms with Crippen LogP contribution < -0.4 is 10.6 Å². The second-order valence-corrected chi connectivity index (χ2v) is 10.1. The minimum Gasteiger partial charge on any atom is -0.354 e. The van der Waals surface area contributed by atoms with Crippen LogP contribution in [0.2, 0.25) is 0 Å². The van der Waals surface area contributed by atoms with Crippen molar-refractivity contribution in [2.24, 2.45) is 5.92 Å². The molecule has 2 unspecified atom stereocenters. The highest BCUT2D eigenvalue weighted by Crippen LogP contribution is 2.28. The van der Waals surface area contributed by atoms with Gasteiger partial charge in [0.05, 0.1) is 19.6 Å². The first-order valence-corrected chi connectivity index (χ1v) is 12.4. The highest BCUT2D eigenvalue weighted by molar-refractivity contribution is 8.06. The van der Waals surface area contributed by atoms with Gasteiger partial charge in [-0.1, -0.05) is 19.3 Å². The molecule has 0 radical (unpaired) electrons. The number of thioether (sulfide) groups is 2. The zero-order valence-corrected chi connectivity index (χ0v) is 17.6. The summed E-state index contributed by atoms with van der Waals surface area (Å²) < 4.78 is 10.7. The van der Waals surface area contributed by atoms with Gasteiger partial charge >= 0.3 is 0 Å². The molecule has 2 heterocycles. The van der Waals surface area contributed by atoms with Crippen molar-refractivity contribution in [3.05, 3.63) is 0 Å². The summed E-state index contributed by atoms with van der Waals surface area (Å²) in [6.45, 7) is 1.60. The molecule has 8 heteroatoms. The van der Waals surface area contributed by atoms with Crippen molar-refractivity contribution in [3.63, 3.8) is 0 Å². The Morgan fingerprint density at radius 3 is 2.48 bits per heavy atom. The van der Waals surface area contributed by atoms with Crippen LogP contribution in [0.1, 0.15) is 44.9 Å². The predicted molar refractivity (Wildman–Crippen MR) is 110 cm³/mol. The lowest BCUT2D eigenvalue weighted by molar-refractivity contribution is -0.130. The summed E-state index contributed by atoms with van der Waals surface area (Å²) in [5, 5.41) is 6.66. The van der Waals surface area contributed by atoms with Gasteiger partial charge in [0, 0.05) is 41.5 Å². The number of hydrogen-bond acceptors (Lipinski definition) is 6. The quantitative estimate of drug-likeness (QED) is 0.632. The third kappa shape index (κ3) is 7.48. The zero-order valence-electron chi connectivity index (χ0n) is 16.0. The van der Waals surface area contributed by atoms with Gasteiger partial charge in [0.25, 0.3) is 0 Å². The fourth-order valence-electron chi connectivity index (χ4n) is 3.97. The van der Waals surface area contributed by atoms with Crippen LogP contribution in [0.15, 0.2) is 0 Å². The highest BCUT2D eigenvalue weighted by Gasteiger charge is 2.28. The van der Waals surface area contributed by atoms with Crippen LogP contribution >= 0.6 is 23.5 Å². The molecule has 2 atom stereocenters. The maximum Gasteiger partial charge on any atom is 0.225 e. The van der Waals surface area contributed by atoms with Gasteiger partial charge in [0.1, 0.15) is 0 Å². The van der Waals surface area contributed by atoms with Crippen molar-refractivity contribution < 1.29 is 19.1 Å². The van der Waals surface area contributed by atoms with Crippen molar-refractivity contribution in [2.45, 2.75) is 62.5 Å². The van der Waals surface area contributed by atoms with E-state index in [0.29, 0.717) is 37.3 Å². The van der Waals surface area contributed by atoms with Gasteiger partial charge in [-0.2, -0.15) is 23.5 Å². The lowest BCUT2D eigenvalue weighted by Crippen LogP contribution is -2.49. The van der Waals surface area contributed by atoms with Gasteiger partial charge < -0.3 is 20.1 Å². The van der Waals surface area contributed by atoms with Gasteiger partial charge in [0.2, 0.25) is 11.8 Å². The second-order valence-electron chi connectivity index (χ2n) is 7.52. The minimum atomic E-state index is -0.423. The molecular formula is C19H32N2O4S2. The van der Waals surface area contributed by atoms with Crippen LogP contribution in [-0.4, -0.2) is 66.4 Å². The number of carbonyl (C=O) groups is 2. The standard InChI is InChI=1S/C19H32N2O4S2/c22-17(11-19-24-6-7-25-19)20-12-16(14-4-2-1-3-5-14)21-18(23)10-15-13-26-8-9-27-15/h14-16,19H,1-13H2,(H,20,22)(H,21,23). The molecule has 2 N–H and O–H groups in total. The summed E-state index contributed by atoms with van der Waals surface area (Å²) in [5.41, 5.74) is 0. The topological polar surface area (TPSA) is 76.7 Å². The summed E-state index contributed by atoms with van der Waals surface area (Å²) in [4.78, 5) is 24.8. The summed E-state index contributed by atoms with van der Waals surface area (Å²) in [6.07, 6.45) is 6.34. The van der Waals surface area contributed by atoms with Crippen LogP contribution in [0.5, 0.6) is 0 Å². The Labute approximate surface area is 170 Å². The maximum absolute atomic E-state index is 12.6. The summed E-state index contributed by atoms with van der Waals surface area (Å²) in [7, 11) is 0. The average Bonchev–Trinajstić information content (AvgIpc) is 3.19. The Balaban J connectivity index is 1.46. The zero-order chi connectivity index (χ0) is 18.9. The monoisotopic (exact) mass is 416 g/mol. The van der Waals surface area contributed by atoms with E-state index in [9.17, 15) is 9.59 Å². The Kier molecular flexibility index (Phi) is 9.09. The molecule has 27 heavy (non-hydrogen) atoms. The van der Waals surface area contributed by atoms with E-state index in [1.807, 2.05) is 23.5 Å². The predicted octanol–water partition coefficient (Wildman–Crippen LogP) is 2.17. The van der Waals surface area contributed by atoms with Crippen LogP contribution in [0.25, 0.3) is 0 Å². The van der Waals surface area contributed by atoms with E-state index in [1.165, 1.54) is 25.0 Å². The largest absolute Gasteiger partial charge is 0.354 e. The molecule has 1 aliphatic carbocycles. The Hall–Kier alpha value is -0.440. The molecule has 0 bridgehead atoms. The molecule has 3 aliphatic rings. The van der Waals surface area contributed by atoms with Crippen molar-refractivity contribution in [2.75, 3.05) is 37.0 Å². The smallest absolute Gasteiger partial charge is 0.225 e. The summed E-state index contributed by atoms with van der Waals surface area (Å²) >= 11 is 3.85. The SMILES string of the molecule is O=C(CC1OCCO1)NCC(NC(=O)CC1CSCCS1)C1CCCCC1. The molecule has 1 saturated carbocycles. The molecule has 0 spiro atoms. The lowest BCUT2D eigenvalue weighted by Gasteiger charge is -2.32. The Morgan fingerprint density at radius 2 is 1.78 bits per heavy atom. The molecular weight excluding hydrogens is 384 g/mol. The molecule has 0 aromatic carbocycles. The molecule has 2 aliphatic heterocycles. The van der Waals surface area contributed by atoms with E-state index in [-0.39, 0.29) is 24.3 Å². The van der Waals surface area contributed by atoms with Gasteiger partial charge in [-0.25, -0.2) is 0 Å². The fourth-order valence-corrected chi connectivity index (χ4v) is 6.65. The van der Waals surface area contributed by atoms with E-state index < -0.39 is 6.29 Å². The van der Waals surface area contributed by atoms with E-state index in [1.54, 1.807) is 0 Å². The average molecular weight is 417 g/mol. The molecule has 154 valence electrons. The molecule has 6 nitrogen and oxygen atoms in total. The third-order valence-corrected chi connectivity index (χ3v) is 8.27. The Bertz CT molecular complexity index is 476. The van der Waals surface area contributed by atoms with Gasteiger partial charge in [-0.15, -0.1) is 0 Å². The van der Waals surface area contributed by atoms with Crippen molar-refractivity contribution in [1.82, 2.24) is 10.6 Å². The second kappa shape index (κ2) is 11.5. The molecule has 0 aromatic rings. The number of ether oxygens (including phenoxy) is 2. The van der Waals surface area contributed by atoms with Gasteiger partial charge in [-0.3, -0.25) is 9.59 Å². The van der Waals surface area contributed by atoms with Crippen molar-refractivity contribution >= 4 is 35.3 Å². The first-order chi connectivity index (χ1) is 13.2. The summed E-state index contributed by atoms with van der Waals surface area (Å²) in [6, 6.07) is 0.0217. The molecule has 0 aromatic heterocycles. The van der Waals surface area contributed by atoms with E-state index >= 15 is 0 Å². The van der Waals surface area contributed by atoms with Crippen LogP contribution in [-0.2, 0) is 19.1 Å². The first kappa shape index (κ1) is 21.3. The third-order valence-electron chi connectivity index (χ3n) is 5.43. The van der Waals surface area contributed by atoms with Crippen molar-refractivity contribution in [3.8, 4) is 0 Å². The Morgan fingerprint density at radius 1 is 1.00 bits per heavy atom. The molecule has 2 saturated heterocycles. The van der Waals surface area contributed by atoms with Crippen LogP contribution in [0, 0.1) is 5.92 Å². The van der Waals surface area contributed by atoms with E-state index in [4.69, 9.17) is 9.47 Å². The molecule has 3 fully saturated rings. The summed E-state index contributed by atoms with van der Waals surface area (Å²) in [5.74, 6) is 3.89. The van der Waals surface area contributed by atoms with E-state index in [0.717, 1.165) is 24.3 Å². The minimum absolute atomic E-state index is 0.0217. The number of hydrogen-bond donors (Lipinski definition) is 2. The number of nitrogens with one attached hydrogen (secondary N) is 2. The van der Waals surface area contributed by atoms with Gasteiger partial charge in [0.15, 0.2) is 6.29 Å². The lowest BCUT2D eigenvalue weighted by atomic mass is 9.83. The van der Waals surface area contributed by atoms with Crippen molar-refractivity contribution in [1.29, 1.82) is 0 Å².